The van der Waals surface area contributed by atoms with Gasteiger partial charge in [0.1, 0.15) is 5.84 Å². The van der Waals surface area contributed by atoms with Crippen molar-refractivity contribution in [3.05, 3.63) is 47.7 Å². The third-order valence-corrected chi connectivity index (χ3v) is 2.79. The zero-order valence-corrected chi connectivity index (χ0v) is 10.4. The number of rotatable bonds is 3. The van der Waals surface area contributed by atoms with Gasteiger partial charge in [-0.1, -0.05) is 18.2 Å². The Kier molecular flexibility index (Phi) is 3.23. The molecule has 1 heterocycles. The summed E-state index contributed by atoms with van der Waals surface area (Å²) in [5.41, 5.74) is 8.28. The smallest absolute Gasteiger partial charge is 0.166 e. The van der Waals surface area contributed by atoms with Crippen molar-refractivity contribution in [1.82, 2.24) is 10.2 Å². The molecule has 1 aromatic carbocycles. The van der Waals surface area contributed by atoms with E-state index in [-0.39, 0.29) is 5.84 Å². The minimum absolute atomic E-state index is 0.0136. The van der Waals surface area contributed by atoms with Gasteiger partial charge in [0.15, 0.2) is 5.82 Å². The molecule has 0 saturated carbocycles. The van der Waals surface area contributed by atoms with Crippen LogP contribution in [-0.4, -0.2) is 23.1 Å². The largest absolute Gasteiger partial charge is 0.384 e. The summed E-state index contributed by atoms with van der Waals surface area (Å²) in [5, 5.41) is 15.5. The fourth-order valence-corrected chi connectivity index (χ4v) is 1.84. The van der Waals surface area contributed by atoms with E-state index in [1.54, 1.807) is 6.07 Å². The van der Waals surface area contributed by atoms with E-state index < -0.39 is 0 Å². The lowest BCUT2D eigenvalue weighted by molar-refractivity contribution is 0.979. The molecule has 5 heteroatoms. The molecule has 92 valence electrons. The van der Waals surface area contributed by atoms with Gasteiger partial charge in [0.05, 0.1) is 11.8 Å². The van der Waals surface area contributed by atoms with Gasteiger partial charge in [-0.05, 0) is 24.6 Å². The van der Waals surface area contributed by atoms with Crippen LogP contribution in [0.15, 0.2) is 36.5 Å². The van der Waals surface area contributed by atoms with Crippen molar-refractivity contribution >= 4 is 17.3 Å². The molecule has 18 heavy (non-hydrogen) atoms. The summed E-state index contributed by atoms with van der Waals surface area (Å²) in [6.07, 6.45) is 1.53. The summed E-state index contributed by atoms with van der Waals surface area (Å²) in [6.45, 7) is 2.02. The van der Waals surface area contributed by atoms with E-state index in [9.17, 15) is 0 Å². The molecular weight excluding hydrogens is 226 g/mol. The maximum Gasteiger partial charge on any atom is 0.166 e. The lowest BCUT2D eigenvalue weighted by atomic mass is 10.1. The van der Waals surface area contributed by atoms with Gasteiger partial charge >= 0.3 is 0 Å². The first kappa shape index (κ1) is 12.0. The second-order valence-electron chi connectivity index (χ2n) is 4.03. The van der Waals surface area contributed by atoms with Crippen molar-refractivity contribution in [2.75, 3.05) is 11.9 Å². The molecule has 0 unspecified atom stereocenters. The van der Waals surface area contributed by atoms with Crippen molar-refractivity contribution < 1.29 is 0 Å². The molecule has 3 N–H and O–H groups in total. The number of anilines is 2. The van der Waals surface area contributed by atoms with E-state index in [1.807, 2.05) is 43.1 Å². The third kappa shape index (κ3) is 2.15. The average molecular weight is 241 g/mol. The summed E-state index contributed by atoms with van der Waals surface area (Å²) in [7, 11) is 1.89. The van der Waals surface area contributed by atoms with Crippen LogP contribution < -0.4 is 10.6 Å². The molecule has 2 aromatic rings. The Balaban J connectivity index is 2.50. The molecule has 0 atom stereocenters. The second-order valence-corrected chi connectivity index (χ2v) is 4.03. The molecule has 0 radical (unpaired) electrons. The summed E-state index contributed by atoms with van der Waals surface area (Å²) < 4.78 is 0. The summed E-state index contributed by atoms with van der Waals surface area (Å²) in [4.78, 5) is 1.89. The van der Waals surface area contributed by atoms with E-state index in [0.29, 0.717) is 11.4 Å². The van der Waals surface area contributed by atoms with E-state index >= 15 is 0 Å². The van der Waals surface area contributed by atoms with E-state index in [1.165, 1.54) is 6.20 Å². The van der Waals surface area contributed by atoms with Crippen molar-refractivity contribution in [3.63, 3.8) is 0 Å². The van der Waals surface area contributed by atoms with Crippen molar-refractivity contribution in [2.45, 2.75) is 6.92 Å². The molecule has 0 aliphatic heterocycles. The number of hydrogen-bond acceptors (Lipinski definition) is 4. The predicted octanol–water partition coefficient (Wildman–Crippen LogP) is 1.84. The second kappa shape index (κ2) is 4.83. The highest BCUT2D eigenvalue weighted by atomic mass is 15.2. The first-order chi connectivity index (χ1) is 8.61. The van der Waals surface area contributed by atoms with Gasteiger partial charge in [0.25, 0.3) is 0 Å². The first-order valence-corrected chi connectivity index (χ1v) is 5.56. The van der Waals surface area contributed by atoms with Gasteiger partial charge in [-0.15, -0.1) is 5.10 Å². The Morgan fingerprint density at radius 1 is 1.28 bits per heavy atom. The number of benzene rings is 1. The molecule has 0 spiro atoms. The molecule has 0 bridgehead atoms. The minimum Gasteiger partial charge on any atom is -0.384 e. The van der Waals surface area contributed by atoms with Crippen molar-refractivity contribution in [3.8, 4) is 0 Å². The van der Waals surface area contributed by atoms with Gasteiger partial charge in [-0.25, -0.2) is 0 Å². The van der Waals surface area contributed by atoms with E-state index in [0.717, 1.165) is 11.3 Å². The number of nitrogens with zero attached hydrogens (tertiary/aromatic N) is 3. The zero-order chi connectivity index (χ0) is 13.1. The monoisotopic (exact) mass is 241 g/mol. The number of aromatic nitrogens is 2. The van der Waals surface area contributed by atoms with Crippen LogP contribution in [0.5, 0.6) is 0 Å². The number of hydrogen-bond donors (Lipinski definition) is 2. The fraction of sp³-hybridized carbons (Fsp3) is 0.154. The van der Waals surface area contributed by atoms with Gasteiger partial charge < -0.3 is 10.6 Å². The molecule has 5 nitrogen and oxygen atoms in total. The Morgan fingerprint density at radius 3 is 2.67 bits per heavy atom. The quantitative estimate of drug-likeness (QED) is 0.634. The lowest BCUT2D eigenvalue weighted by Crippen LogP contribution is -2.20. The summed E-state index contributed by atoms with van der Waals surface area (Å²) in [6, 6.07) is 9.65. The van der Waals surface area contributed by atoms with Crippen LogP contribution in [0.3, 0.4) is 0 Å². The van der Waals surface area contributed by atoms with Gasteiger partial charge in [-0.2, -0.15) is 5.10 Å². The van der Waals surface area contributed by atoms with E-state index in [4.69, 9.17) is 11.1 Å². The van der Waals surface area contributed by atoms with Crippen molar-refractivity contribution in [1.29, 1.82) is 5.41 Å². The number of nitrogens with one attached hydrogen (secondary N) is 1. The normalized spacial score (nSPS) is 10.1. The average Bonchev–Trinajstić information content (AvgIpc) is 2.38. The molecule has 2 rings (SSSR count). The van der Waals surface area contributed by atoms with E-state index in [2.05, 4.69) is 10.2 Å². The maximum absolute atomic E-state index is 7.57. The first-order valence-electron chi connectivity index (χ1n) is 5.56. The zero-order valence-electron chi connectivity index (χ0n) is 10.4. The Hall–Kier alpha value is -2.43. The fourth-order valence-electron chi connectivity index (χ4n) is 1.84. The minimum atomic E-state index is -0.0136. The molecule has 0 saturated heterocycles. The standard InChI is InChI=1S/C13H15N5/c1-9-5-3-4-6-11(9)18(2)13-10(12(14)15)7-8-16-17-13/h3-8H,1-2H3,(H3,14,15). The summed E-state index contributed by atoms with van der Waals surface area (Å²) in [5.74, 6) is 0.569. The van der Waals surface area contributed by atoms with Crippen molar-refractivity contribution in [2.24, 2.45) is 5.73 Å². The Morgan fingerprint density at radius 2 is 2.00 bits per heavy atom. The molecule has 0 amide bonds. The number of nitrogens with two attached hydrogens (primary N) is 1. The number of amidine groups is 1. The van der Waals surface area contributed by atoms with Gasteiger partial charge in [0.2, 0.25) is 0 Å². The Bertz CT molecular complexity index is 579. The van der Waals surface area contributed by atoms with Crippen LogP contribution in [0.2, 0.25) is 0 Å². The van der Waals surface area contributed by atoms with Crippen LogP contribution in [0, 0.1) is 12.3 Å². The Labute approximate surface area is 106 Å². The molecule has 0 fully saturated rings. The molecule has 0 aliphatic carbocycles. The van der Waals surface area contributed by atoms with Crippen LogP contribution in [-0.2, 0) is 0 Å². The van der Waals surface area contributed by atoms with Crippen LogP contribution in [0.25, 0.3) is 0 Å². The summed E-state index contributed by atoms with van der Waals surface area (Å²) >= 11 is 0. The highest BCUT2D eigenvalue weighted by Gasteiger charge is 2.14. The number of nitrogen functional groups attached to an aromatic ring is 1. The highest BCUT2D eigenvalue weighted by molar-refractivity contribution is 6.00. The highest BCUT2D eigenvalue weighted by Crippen LogP contribution is 2.26. The topological polar surface area (TPSA) is 78.9 Å². The van der Waals surface area contributed by atoms with Gasteiger partial charge in [0, 0.05) is 12.7 Å². The number of aryl methyl sites for hydroxylation is 1. The van der Waals surface area contributed by atoms with Crippen LogP contribution in [0.1, 0.15) is 11.1 Å². The predicted molar refractivity (Wildman–Crippen MR) is 72.3 cm³/mol. The maximum atomic E-state index is 7.57. The molecular formula is C13H15N5. The van der Waals surface area contributed by atoms with Crippen LogP contribution >= 0.6 is 0 Å². The number of para-hydroxylation sites is 1. The molecule has 0 aliphatic rings. The SMILES string of the molecule is Cc1ccccc1N(C)c1nnccc1C(=N)N. The third-order valence-electron chi connectivity index (χ3n) is 2.79. The van der Waals surface area contributed by atoms with Gasteiger partial charge in [-0.3, -0.25) is 5.41 Å². The van der Waals surface area contributed by atoms with Crippen LogP contribution in [0.4, 0.5) is 11.5 Å². The lowest BCUT2D eigenvalue weighted by Gasteiger charge is -2.21. The molecule has 1 aromatic heterocycles.